The summed E-state index contributed by atoms with van der Waals surface area (Å²) in [5.41, 5.74) is -0.557. The van der Waals surface area contributed by atoms with Crippen LogP contribution in [0.15, 0.2) is 24.3 Å². The number of carboxylic acids is 1. The van der Waals surface area contributed by atoms with Crippen LogP contribution >= 0.6 is 0 Å². The Bertz CT molecular complexity index is 1170. The molecular formula is C21H16F17NO5. The van der Waals surface area contributed by atoms with Gasteiger partial charge in [-0.3, -0.25) is 0 Å². The second-order valence-corrected chi connectivity index (χ2v) is 8.76. The molecule has 1 amide bonds. The van der Waals surface area contributed by atoms with Crippen LogP contribution in [0.4, 0.5) is 79.4 Å². The van der Waals surface area contributed by atoms with Crippen molar-refractivity contribution >= 4 is 12.1 Å². The van der Waals surface area contributed by atoms with Crippen LogP contribution < -0.4 is 5.32 Å². The number of carboxylic acid groups (broad SMARTS) is 1. The average Bonchev–Trinajstić information content (AvgIpc) is 2.88. The summed E-state index contributed by atoms with van der Waals surface area (Å²) in [4.78, 5) is 22.2. The van der Waals surface area contributed by atoms with Gasteiger partial charge >= 0.3 is 59.7 Å². The van der Waals surface area contributed by atoms with E-state index >= 15 is 0 Å². The van der Waals surface area contributed by atoms with Crippen LogP contribution in [0.3, 0.4) is 0 Å². The molecule has 0 saturated carbocycles. The molecule has 0 unspecified atom stereocenters. The monoisotopic (exact) mass is 685 g/mol. The molecule has 44 heavy (non-hydrogen) atoms. The van der Waals surface area contributed by atoms with Crippen molar-refractivity contribution in [1.82, 2.24) is 5.32 Å². The number of benzene rings is 1. The maximum absolute atomic E-state index is 14.1. The van der Waals surface area contributed by atoms with Crippen molar-refractivity contribution in [2.45, 2.75) is 73.1 Å². The number of nitrogens with one attached hydrogen (secondary N) is 1. The van der Waals surface area contributed by atoms with Gasteiger partial charge in [0.15, 0.2) is 6.04 Å². The largest absolute Gasteiger partial charge is 0.480 e. The molecule has 0 spiro atoms. The van der Waals surface area contributed by atoms with Gasteiger partial charge < -0.3 is 20.3 Å². The Balaban J connectivity index is 3.13. The van der Waals surface area contributed by atoms with Crippen molar-refractivity contribution < 1.29 is 99.2 Å². The number of alkyl carbamates (subject to hydrolysis) is 1. The normalized spacial score (nSPS) is 15.1. The Kier molecular flexibility index (Phi) is 10.8. The van der Waals surface area contributed by atoms with Gasteiger partial charge in [0, 0.05) is 6.42 Å². The van der Waals surface area contributed by atoms with Gasteiger partial charge in [0.25, 0.3) is 0 Å². The van der Waals surface area contributed by atoms with E-state index in [1.165, 1.54) is 0 Å². The zero-order valence-corrected chi connectivity index (χ0v) is 20.8. The van der Waals surface area contributed by atoms with E-state index in [-0.39, 0.29) is 5.56 Å². The van der Waals surface area contributed by atoms with Crippen molar-refractivity contribution in [3.63, 3.8) is 0 Å². The lowest BCUT2D eigenvalue weighted by Crippen LogP contribution is -2.74. The molecule has 1 aromatic rings. The zero-order valence-electron chi connectivity index (χ0n) is 20.8. The Hall–Kier alpha value is -3.27. The molecular weight excluding hydrogens is 669 g/mol. The number of aryl methyl sites for hydroxylation is 1. The summed E-state index contributed by atoms with van der Waals surface area (Å²) in [6.07, 6.45) is -13.3. The highest BCUT2D eigenvalue weighted by molar-refractivity contribution is 5.79. The summed E-state index contributed by atoms with van der Waals surface area (Å²) in [5, 5.41) is 19.1. The lowest BCUT2D eigenvalue weighted by atomic mass is 9.87. The molecule has 6 nitrogen and oxygen atoms in total. The number of ether oxygens (including phenoxy) is 1. The first kappa shape index (κ1) is 38.8. The predicted molar refractivity (Wildman–Crippen MR) is 107 cm³/mol. The van der Waals surface area contributed by atoms with Crippen LogP contribution in [0.25, 0.3) is 0 Å². The SMILES string of the molecule is O=C(N[C@@H](CO)C(=O)O)OCc1ccc(CCC(F)(F)C(F)(F)C(F)(F)C(F)(F)C(F)(F)C(F)(F)C(F)(F)C(F)(F)F)cc1. The van der Waals surface area contributed by atoms with Gasteiger partial charge in [-0.15, -0.1) is 0 Å². The van der Waals surface area contributed by atoms with E-state index in [0.29, 0.717) is 0 Å². The van der Waals surface area contributed by atoms with E-state index in [9.17, 15) is 84.2 Å². The van der Waals surface area contributed by atoms with Crippen LogP contribution in [-0.4, -0.2) is 82.6 Å². The summed E-state index contributed by atoms with van der Waals surface area (Å²) in [6.45, 7) is -1.74. The van der Waals surface area contributed by atoms with Crippen LogP contribution in [0, 0.1) is 0 Å². The topological polar surface area (TPSA) is 95.9 Å². The summed E-state index contributed by atoms with van der Waals surface area (Å²) in [5.74, 6) is -58.4. The summed E-state index contributed by atoms with van der Waals surface area (Å²) < 4.78 is 231. The first-order chi connectivity index (χ1) is 19.5. The number of amides is 1. The second-order valence-electron chi connectivity index (χ2n) is 8.76. The number of hydrogen-bond donors (Lipinski definition) is 3. The first-order valence-electron chi connectivity index (χ1n) is 11.0. The molecule has 254 valence electrons. The molecule has 0 fully saturated rings. The van der Waals surface area contributed by atoms with E-state index in [4.69, 9.17) is 10.2 Å². The summed E-state index contributed by atoms with van der Waals surface area (Å²) >= 11 is 0. The molecule has 0 heterocycles. The van der Waals surface area contributed by atoms with Crippen molar-refractivity contribution in [1.29, 1.82) is 0 Å². The van der Waals surface area contributed by atoms with Gasteiger partial charge in [0.05, 0.1) is 6.61 Å². The Morgan fingerprint density at radius 2 is 1.05 bits per heavy atom. The van der Waals surface area contributed by atoms with Gasteiger partial charge in [0.1, 0.15) is 6.61 Å². The third-order valence-electron chi connectivity index (χ3n) is 5.68. The van der Waals surface area contributed by atoms with Crippen molar-refractivity contribution in [2.75, 3.05) is 6.61 Å². The van der Waals surface area contributed by atoms with Crippen LogP contribution in [0.1, 0.15) is 17.5 Å². The van der Waals surface area contributed by atoms with E-state index in [0.717, 1.165) is 24.3 Å². The van der Waals surface area contributed by atoms with Gasteiger partial charge in [0.2, 0.25) is 0 Å². The molecule has 0 aliphatic rings. The van der Waals surface area contributed by atoms with Gasteiger partial charge in [-0.1, -0.05) is 24.3 Å². The molecule has 0 bridgehead atoms. The van der Waals surface area contributed by atoms with Gasteiger partial charge in [-0.05, 0) is 17.5 Å². The highest BCUT2D eigenvalue weighted by Crippen LogP contribution is 2.64. The molecule has 0 aliphatic carbocycles. The van der Waals surface area contributed by atoms with E-state index < -0.39 is 97.4 Å². The maximum atomic E-state index is 14.1. The number of carbonyl (C=O) groups excluding carboxylic acids is 1. The third-order valence-corrected chi connectivity index (χ3v) is 5.68. The number of rotatable bonds is 14. The lowest BCUT2D eigenvalue weighted by Gasteiger charge is -2.42. The first-order valence-corrected chi connectivity index (χ1v) is 11.0. The fourth-order valence-corrected chi connectivity index (χ4v) is 2.98. The Morgan fingerprint density at radius 1 is 0.659 bits per heavy atom. The molecule has 23 heteroatoms. The number of alkyl halides is 17. The summed E-state index contributed by atoms with van der Waals surface area (Å²) in [7, 11) is 0. The highest BCUT2D eigenvalue weighted by atomic mass is 19.4. The smallest absolute Gasteiger partial charge is 0.460 e. The van der Waals surface area contributed by atoms with Crippen molar-refractivity contribution in [3.05, 3.63) is 35.4 Å². The number of halogens is 17. The number of hydrogen-bond acceptors (Lipinski definition) is 4. The van der Waals surface area contributed by atoms with Gasteiger partial charge in [-0.2, -0.15) is 74.6 Å². The number of carbonyl (C=O) groups is 2. The predicted octanol–water partition coefficient (Wildman–Crippen LogP) is 6.30. The minimum atomic E-state index is -8.69. The molecule has 1 rings (SSSR count). The Morgan fingerprint density at radius 3 is 1.43 bits per heavy atom. The van der Waals surface area contributed by atoms with Crippen LogP contribution in [-0.2, 0) is 22.6 Å². The molecule has 0 aromatic heterocycles. The summed E-state index contributed by atoms with van der Waals surface area (Å²) in [6, 6.07) is 1.51. The van der Waals surface area contributed by atoms with E-state index in [1.54, 1.807) is 5.32 Å². The van der Waals surface area contributed by atoms with Gasteiger partial charge in [-0.25, -0.2) is 9.59 Å². The van der Waals surface area contributed by atoms with Crippen molar-refractivity contribution in [2.24, 2.45) is 0 Å². The molecule has 0 saturated heterocycles. The Labute approximate surface area is 232 Å². The minimum Gasteiger partial charge on any atom is -0.480 e. The average molecular weight is 685 g/mol. The minimum absolute atomic E-state index is 0.0399. The van der Waals surface area contributed by atoms with Crippen molar-refractivity contribution in [3.8, 4) is 0 Å². The number of aliphatic carboxylic acids is 1. The number of aliphatic hydroxyl groups is 1. The van der Waals surface area contributed by atoms with Crippen LogP contribution in [0.2, 0.25) is 0 Å². The molecule has 0 aliphatic heterocycles. The fourth-order valence-electron chi connectivity index (χ4n) is 2.98. The standard InChI is InChI=1S/C21H16F17NO5/c22-14(23,6-5-9-1-3-10(4-2-9)8-44-13(43)39-11(7-40)12(41)42)15(24,25)16(26,27)17(28,29)18(30,31)19(32,33)20(34,35)21(36,37)38/h1-4,11,40H,5-8H2,(H,39,43)(H,41,42)/t11-/m0/s1. The molecule has 3 N–H and O–H groups in total. The zero-order chi connectivity index (χ0) is 35.0. The van der Waals surface area contributed by atoms with Crippen LogP contribution in [0.5, 0.6) is 0 Å². The number of aliphatic hydroxyl groups excluding tert-OH is 1. The fraction of sp³-hybridized carbons (Fsp3) is 0.619. The highest BCUT2D eigenvalue weighted by Gasteiger charge is 2.95. The quantitative estimate of drug-likeness (QED) is 0.200. The second kappa shape index (κ2) is 12.3. The van der Waals surface area contributed by atoms with E-state index in [2.05, 4.69) is 4.74 Å². The lowest BCUT2D eigenvalue weighted by molar-refractivity contribution is -0.461. The maximum Gasteiger partial charge on any atom is 0.460 e. The molecule has 1 aromatic carbocycles. The molecule has 0 radical (unpaired) electrons. The van der Waals surface area contributed by atoms with E-state index in [1.807, 2.05) is 0 Å². The third kappa shape index (κ3) is 6.70. The molecule has 1 atom stereocenters.